The summed E-state index contributed by atoms with van der Waals surface area (Å²) >= 11 is 3.32. The van der Waals surface area contributed by atoms with Crippen LogP contribution < -0.4 is 10.9 Å². The minimum Gasteiger partial charge on any atom is -0.467 e. The van der Waals surface area contributed by atoms with E-state index in [9.17, 15) is 9.59 Å². The first-order chi connectivity index (χ1) is 10.6. The van der Waals surface area contributed by atoms with Crippen molar-refractivity contribution in [3.8, 4) is 0 Å². The van der Waals surface area contributed by atoms with Gasteiger partial charge in [-0.3, -0.25) is 14.2 Å². The number of rotatable bonds is 4. The van der Waals surface area contributed by atoms with E-state index in [2.05, 4.69) is 26.2 Å². The SMILES string of the molecule is O=C(Cn1cnc2ccc(Br)cc2c1=O)NCc1ccco1. The van der Waals surface area contributed by atoms with Crippen molar-refractivity contribution in [2.45, 2.75) is 13.1 Å². The van der Waals surface area contributed by atoms with Gasteiger partial charge < -0.3 is 9.73 Å². The molecule has 0 bridgehead atoms. The Kier molecular flexibility index (Phi) is 4.06. The van der Waals surface area contributed by atoms with Gasteiger partial charge in [0, 0.05) is 4.47 Å². The van der Waals surface area contributed by atoms with E-state index < -0.39 is 0 Å². The van der Waals surface area contributed by atoms with Gasteiger partial charge in [-0.2, -0.15) is 0 Å². The monoisotopic (exact) mass is 361 g/mol. The molecule has 112 valence electrons. The molecule has 0 aliphatic heterocycles. The summed E-state index contributed by atoms with van der Waals surface area (Å²) in [5, 5.41) is 3.16. The molecule has 1 aromatic carbocycles. The Morgan fingerprint density at radius 2 is 2.23 bits per heavy atom. The van der Waals surface area contributed by atoms with Gasteiger partial charge >= 0.3 is 0 Å². The van der Waals surface area contributed by atoms with Crippen molar-refractivity contribution in [2.75, 3.05) is 0 Å². The molecule has 0 saturated carbocycles. The van der Waals surface area contributed by atoms with Crippen LogP contribution in [0.3, 0.4) is 0 Å². The smallest absolute Gasteiger partial charge is 0.261 e. The minimum atomic E-state index is -0.283. The van der Waals surface area contributed by atoms with Crippen molar-refractivity contribution in [3.63, 3.8) is 0 Å². The van der Waals surface area contributed by atoms with Crippen LogP contribution in [0.1, 0.15) is 5.76 Å². The molecule has 0 unspecified atom stereocenters. The molecule has 0 fully saturated rings. The molecule has 0 aliphatic carbocycles. The number of carbonyl (C=O) groups is 1. The van der Waals surface area contributed by atoms with Gasteiger partial charge in [0.15, 0.2) is 0 Å². The van der Waals surface area contributed by atoms with E-state index in [1.807, 2.05) is 6.07 Å². The summed E-state index contributed by atoms with van der Waals surface area (Å²) in [6.07, 6.45) is 2.92. The van der Waals surface area contributed by atoms with Crippen molar-refractivity contribution in [2.24, 2.45) is 0 Å². The molecule has 3 aromatic rings. The predicted octanol–water partition coefficient (Wildman–Crippen LogP) is 2.07. The largest absolute Gasteiger partial charge is 0.467 e. The maximum atomic E-state index is 12.4. The zero-order valence-electron chi connectivity index (χ0n) is 11.5. The molecule has 6 nitrogen and oxygen atoms in total. The van der Waals surface area contributed by atoms with E-state index in [4.69, 9.17) is 4.42 Å². The molecule has 2 aromatic heterocycles. The molecule has 0 saturated heterocycles. The van der Waals surface area contributed by atoms with E-state index in [1.54, 1.807) is 24.3 Å². The Hall–Kier alpha value is -2.41. The van der Waals surface area contributed by atoms with E-state index in [0.717, 1.165) is 4.47 Å². The lowest BCUT2D eigenvalue weighted by atomic mass is 10.2. The standard InChI is InChI=1S/C15H12BrN3O3/c16-10-3-4-13-12(6-10)15(21)19(9-18-13)8-14(20)17-7-11-2-1-5-22-11/h1-6,9H,7-8H2,(H,17,20). The van der Waals surface area contributed by atoms with Crippen molar-refractivity contribution in [1.82, 2.24) is 14.9 Å². The molecular formula is C15H12BrN3O3. The zero-order chi connectivity index (χ0) is 15.5. The zero-order valence-corrected chi connectivity index (χ0v) is 13.0. The molecule has 0 atom stereocenters. The van der Waals surface area contributed by atoms with Gasteiger partial charge in [0.1, 0.15) is 12.3 Å². The molecule has 1 N–H and O–H groups in total. The molecule has 7 heteroatoms. The van der Waals surface area contributed by atoms with Crippen LogP contribution in [0.15, 0.2) is 56.6 Å². The second-order valence-corrected chi connectivity index (χ2v) is 5.61. The van der Waals surface area contributed by atoms with Crippen LogP contribution in [0.5, 0.6) is 0 Å². The number of aromatic nitrogens is 2. The summed E-state index contributed by atoms with van der Waals surface area (Å²) in [5.74, 6) is 0.371. The average molecular weight is 362 g/mol. The van der Waals surface area contributed by atoms with Crippen LogP contribution in [0.25, 0.3) is 10.9 Å². The topological polar surface area (TPSA) is 77.1 Å². The first kappa shape index (κ1) is 14.5. The second-order valence-electron chi connectivity index (χ2n) is 4.70. The maximum Gasteiger partial charge on any atom is 0.261 e. The fraction of sp³-hybridized carbons (Fsp3) is 0.133. The van der Waals surface area contributed by atoms with Crippen LogP contribution in [0.4, 0.5) is 0 Å². The van der Waals surface area contributed by atoms with E-state index in [0.29, 0.717) is 16.7 Å². The summed E-state index contributed by atoms with van der Waals surface area (Å²) < 4.78 is 7.20. The Labute approximate surface area is 133 Å². The highest BCUT2D eigenvalue weighted by Crippen LogP contribution is 2.14. The Balaban J connectivity index is 1.77. The third kappa shape index (κ3) is 3.09. The van der Waals surface area contributed by atoms with Gasteiger partial charge in [0.25, 0.3) is 5.56 Å². The number of benzene rings is 1. The van der Waals surface area contributed by atoms with Gasteiger partial charge in [-0.05, 0) is 30.3 Å². The lowest BCUT2D eigenvalue weighted by Gasteiger charge is -2.07. The van der Waals surface area contributed by atoms with Crippen LogP contribution in [-0.2, 0) is 17.9 Å². The summed E-state index contributed by atoms with van der Waals surface area (Å²) in [5.41, 5.74) is 0.347. The Morgan fingerprint density at radius 1 is 1.36 bits per heavy atom. The predicted molar refractivity (Wildman–Crippen MR) is 84.3 cm³/mol. The van der Waals surface area contributed by atoms with Crippen molar-refractivity contribution >= 4 is 32.7 Å². The van der Waals surface area contributed by atoms with Gasteiger partial charge in [-0.15, -0.1) is 0 Å². The van der Waals surface area contributed by atoms with Crippen molar-refractivity contribution in [3.05, 3.63) is 63.5 Å². The fourth-order valence-corrected chi connectivity index (χ4v) is 2.41. The average Bonchev–Trinajstić information content (AvgIpc) is 3.02. The molecular weight excluding hydrogens is 350 g/mol. The lowest BCUT2D eigenvalue weighted by molar-refractivity contribution is -0.121. The minimum absolute atomic E-state index is 0.0883. The number of furan rings is 1. The van der Waals surface area contributed by atoms with Crippen LogP contribution >= 0.6 is 15.9 Å². The highest BCUT2D eigenvalue weighted by Gasteiger charge is 2.09. The van der Waals surface area contributed by atoms with Gasteiger partial charge in [-0.1, -0.05) is 15.9 Å². The highest BCUT2D eigenvalue weighted by molar-refractivity contribution is 9.10. The molecule has 0 aliphatic rings. The number of hydrogen-bond acceptors (Lipinski definition) is 4. The van der Waals surface area contributed by atoms with Gasteiger partial charge in [-0.25, -0.2) is 4.98 Å². The highest BCUT2D eigenvalue weighted by atomic mass is 79.9. The Morgan fingerprint density at radius 3 is 3.00 bits per heavy atom. The summed E-state index contributed by atoms with van der Waals surface area (Å²) in [6.45, 7) is 0.197. The van der Waals surface area contributed by atoms with Gasteiger partial charge in [0.05, 0.1) is 30.0 Å². The van der Waals surface area contributed by atoms with E-state index >= 15 is 0 Å². The molecule has 3 rings (SSSR count). The molecule has 0 spiro atoms. The third-order valence-corrected chi connectivity index (χ3v) is 3.63. The van der Waals surface area contributed by atoms with Gasteiger partial charge in [0.2, 0.25) is 5.91 Å². The lowest BCUT2D eigenvalue weighted by Crippen LogP contribution is -2.32. The number of halogens is 1. The number of carbonyl (C=O) groups excluding carboxylic acids is 1. The summed E-state index contributed by atoms with van der Waals surface area (Å²) in [6, 6.07) is 8.78. The molecule has 1 amide bonds. The maximum absolute atomic E-state index is 12.4. The molecule has 0 radical (unpaired) electrons. The summed E-state index contributed by atoms with van der Waals surface area (Å²) in [4.78, 5) is 28.5. The molecule has 2 heterocycles. The van der Waals surface area contributed by atoms with Crippen LogP contribution in [0.2, 0.25) is 0 Å². The first-order valence-electron chi connectivity index (χ1n) is 6.57. The van der Waals surface area contributed by atoms with Crippen molar-refractivity contribution in [1.29, 1.82) is 0 Å². The van der Waals surface area contributed by atoms with Crippen molar-refractivity contribution < 1.29 is 9.21 Å². The number of fused-ring (bicyclic) bond motifs is 1. The second kappa shape index (κ2) is 6.15. The van der Waals surface area contributed by atoms with Crippen LogP contribution in [0, 0.1) is 0 Å². The fourth-order valence-electron chi connectivity index (χ4n) is 2.05. The van der Waals surface area contributed by atoms with E-state index in [-0.39, 0.29) is 24.6 Å². The summed E-state index contributed by atoms with van der Waals surface area (Å²) in [7, 11) is 0. The number of nitrogens with zero attached hydrogens (tertiary/aromatic N) is 2. The number of hydrogen-bond donors (Lipinski definition) is 1. The normalized spacial score (nSPS) is 10.8. The number of amides is 1. The third-order valence-electron chi connectivity index (χ3n) is 3.14. The molecule has 22 heavy (non-hydrogen) atoms. The Bertz CT molecular complexity index is 871. The number of nitrogens with one attached hydrogen (secondary N) is 1. The first-order valence-corrected chi connectivity index (χ1v) is 7.36. The van der Waals surface area contributed by atoms with E-state index in [1.165, 1.54) is 17.2 Å². The quantitative estimate of drug-likeness (QED) is 0.771. The van der Waals surface area contributed by atoms with Crippen LogP contribution in [-0.4, -0.2) is 15.5 Å².